The van der Waals surface area contributed by atoms with Gasteiger partial charge >= 0.3 is 0 Å². The van der Waals surface area contributed by atoms with E-state index in [1.807, 2.05) is 30.3 Å². The fourth-order valence-corrected chi connectivity index (χ4v) is 3.04. The van der Waals surface area contributed by atoms with E-state index in [2.05, 4.69) is 21.6 Å². The zero-order valence-corrected chi connectivity index (χ0v) is 12.9. The number of aromatic amines is 1. The second-order valence-electron chi connectivity index (χ2n) is 5.26. The number of nitrogens with zero attached hydrogens (tertiary/aromatic N) is 2. The minimum atomic E-state index is 0.487. The van der Waals surface area contributed by atoms with Crippen LogP contribution in [0.5, 0.6) is 0 Å². The van der Waals surface area contributed by atoms with Gasteiger partial charge in [-0.05, 0) is 42.4 Å². The quantitative estimate of drug-likeness (QED) is 0.513. The first-order chi connectivity index (χ1) is 10.8. The van der Waals surface area contributed by atoms with Gasteiger partial charge in [0.15, 0.2) is 0 Å². The second-order valence-corrected chi connectivity index (χ2v) is 5.67. The Labute approximate surface area is 134 Å². The molecule has 1 aromatic heterocycles. The van der Waals surface area contributed by atoms with Crippen LogP contribution in [0.15, 0.2) is 35.4 Å². The Hall–Kier alpha value is -2.45. The molecule has 2 N–H and O–H groups in total. The van der Waals surface area contributed by atoms with E-state index in [-0.39, 0.29) is 0 Å². The molecule has 0 bridgehead atoms. The van der Waals surface area contributed by atoms with Gasteiger partial charge in [0.05, 0.1) is 11.8 Å². The Morgan fingerprint density at radius 2 is 1.91 bits per heavy atom. The number of H-pyrrole nitrogens is 1. The predicted octanol–water partition coefficient (Wildman–Crippen LogP) is 3.94. The maximum atomic E-state index is 9.30. The summed E-state index contributed by atoms with van der Waals surface area (Å²) in [6.07, 6.45) is 5.85. The van der Waals surface area contributed by atoms with Crippen LogP contribution < -0.4 is 5.43 Å². The summed E-state index contributed by atoms with van der Waals surface area (Å²) in [5.74, 6) is 0.811. The van der Waals surface area contributed by atoms with Crippen LogP contribution in [0.1, 0.15) is 35.1 Å². The lowest BCUT2D eigenvalue weighted by molar-refractivity contribution is 0.681. The third-order valence-corrected chi connectivity index (χ3v) is 4.14. The molecule has 0 aliphatic heterocycles. The van der Waals surface area contributed by atoms with Gasteiger partial charge in [-0.3, -0.25) is 5.43 Å². The van der Waals surface area contributed by atoms with Crippen LogP contribution in [-0.2, 0) is 12.8 Å². The third-order valence-electron chi connectivity index (χ3n) is 3.84. The van der Waals surface area contributed by atoms with E-state index in [1.165, 1.54) is 0 Å². The van der Waals surface area contributed by atoms with E-state index in [0.717, 1.165) is 48.2 Å². The zero-order valence-electron chi connectivity index (χ0n) is 12.1. The van der Waals surface area contributed by atoms with Crippen molar-refractivity contribution in [1.29, 1.82) is 5.26 Å². The van der Waals surface area contributed by atoms with Crippen LogP contribution in [-0.4, -0.2) is 11.2 Å². The lowest BCUT2D eigenvalue weighted by atomic mass is 9.90. The van der Waals surface area contributed by atoms with Crippen molar-refractivity contribution in [1.82, 2.24) is 4.98 Å². The van der Waals surface area contributed by atoms with Crippen molar-refractivity contribution in [3.05, 3.63) is 57.2 Å². The molecule has 22 heavy (non-hydrogen) atoms. The predicted molar refractivity (Wildman–Crippen MR) is 90.6 cm³/mol. The van der Waals surface area contributed by atoms with Crippen LogP contribution in [0.4, 0.5) is 5.82 Å². The SMILES string of the molecule is N#Cc1c2c(c(N/N=C/c3ccccc3)[nH]c1=S)CCCC2. The molecule has 0 unspecified atom stereocenters. The van der Waals surface area contributed by atoms with Crippen LogP contribution in [0.3, 0.4) is 0 Å². The average molecular weight is 308 g/mol. The van der Waals surface area contributed by atoms with Gasteiger partial charge in [-0.2, -0.15) is 10.4 Å². The standard InChI is InChI=1S/C17H16N4S/c18-10-15-13-8-4-5-9-14(13)16(20-17(15)22)21-19-11-12-6-2-1-3-7-12/h1-3,6-7,11H,4-5,8-9H2,(H2,20,21,22)/b19-11+. The van der Waals surface area contributed by atoms with E-state index in [9.17, 15) is 5.26 Å². The Balaban J connectivity index is 1.91. The maximum Gasteiger partial charge on any atom is 0.128 e. The van der Waals surface area contributed by atoms with Gasteiger partial charge in [0.1, 0.15) is 16.5 Å². The number of fused-ring (bicyclic) bond motifs is 1. The van der Waals surface area contributed by atoms with E-state index >= 15 is 0 Å². The Morgan fingerprint density at radius 3 is 2.64 bits per heavy atom. The van der Waals surface area contributed by atoms with E-state index < -0.39 is 0 Å². The summed E-state index contributed by atoms with van der Waals surface area (Å²) in [6, 6.07) is 12.1. The fourth-order valence-electron chi connectivity index (χ4n) is 2.77. The van der Waals surface area contributed by atoms with Crippen molar-refractivity contribution in [2.24, 2.45) is 5.10 Å². The number of nitriles is 1. The fraction of sp³-hybridized carbons (Fsp3) is 0.235. The van der Waals surface area contributed by atoms with Gasteiger partial charge in [0.25, 0.3) is 0 Å². The molecule has 0 spiro atoms. The molecule has 0 radical (unpaired) electrons. The number of hydrogen-bond donors (Lipinski definition) is 2. The largest absolute Gasteiger partial charge is 0.330 e. The van der Waals surface area contributed by atoms with Crippen LogP contribution in [0.25, 0.3) is 0 Å². The van der Waals surface area contributed by atoms with Gasteiger partial charge in [0.2, 0.25) is 0 Å². The molecule has 110 valence electrons. The normalized spacial score (nSPS) is 13.6. The number of hydrogen-bond acceptors (Lipinski definition) is 4. The van der Waals surface area contributed by atoms with Crippen molar-refractivity contribution < 1.29 is 0 Å². The Kier molecular flexibility index (Phi) is 4.31. The maximum absolute atomic E-state index is 9.30. The van der Waals surface area contributed by atoms with Gasteiger partial charge in [0, 0.05) is 0 Å². The first kappa shape index (κ1) is 14.5. The first-order valence-corrected chi connectivity index (χ1v) is 7.72. The minimum absolute atomic E-state index is 0.487. The van der Waals surface area contributed by atoms with E-state index in [4.69, 9.17) is 12.2 Å². The highest BCUT2D eigenvalue weighted by molar-refractivity contribution is 7.71. The summed E-state index contributed by atoms with van der Waals surface area (Å²) in [6.45, 7) is 0. The van der Waals surface area contributed by atoms with Crippen LogP contribution in [0, 0.1) is 16.0 Å². The molecule has 0 saturated heterocycles. The van der Waals surface area contributed by atoms with Gasteiger partial charge in [-0.15, -0.1) is 0 Å². The van der Waals surface area contributed by atoms with Crippen molar-refractivity contribution in [3.8, 4) is 6.07 Å². The number of anilines is 1. The first-order valence-electron chi connectivity index (χ1n) is 7.32. The second kappa shape index (κ2) is 6.54. The molecule has 0 atom stereocenters. The summed E-state index contributed by atoms with van der Waals surface area (Å²) < 4.78 is 0.487. The van der Waals surface area contributed by atoms with Gasteiger partial charge < -0.3 is 4.98 Å². The zero-order chi connectivity index (χ0) is 15.4. The summed E-state index contributed by atoms with van der Waals surface area (Å²) in [7, 11) is 0. The number of rotatable bonds is 3. The lowest BCUT2D eigenvalue weighted by Gasteiger charge is -2.20. The molecule has 1 heterocycles. The van der Waals surface area contributed by atoms with E-state index in [0.29, 0.717) is 10.2 Å². The Bertz CT molecular complexity index is 800. The molecule has 2 aromatic rings. The highest BCUT2D eigenvalue weighted by Crippen LogP contribution is 2.29. The number of benzene rings is 1. The van der Waals surface area contributed by atoms with Crippen molar-refractivity contribution in [3.63, 3.8) is 0 Å². The number of hydrazone groups is 1. The molecule has 0 amide bonds. The third kappa shape index (κ3) is 2.92. The molecule has 1 aliphatic carbocycles. The molecule has 5 heteroatoms. The van der Waals surface area contributed by atoms with Crippen molar-refractivity contribution >= 4 is 24.3 Å². The summed E-state index contributed by atoms with van der Waals surface area (Å²) in [4.78, 5) is 3.11. The van der Waals surface area contributed by atoms with E-state index in [1.54, 1.807) is 6.21 Å². The topological polar surface area (TPSA) is 64.0 Å². The highest BCUT2D eigenvalue weighted by Gasteiger charge is 2.18. The van der Waals surface area contributed by atoms with Crippen molar-refractivity contribution in [2.75, 3.05) is 5.43 Å². The van der Waals surface area contributed by atoms with Gasteiger partial charge in [-0.1, -0.05) is 42.5 Å². The molecular weight excluding hydrogens is 292 g/mol. The molecule has 3 rings (SSSR count). The molecule has 1 aromatic carbocycles. The highest BCUT2D eigenvalue weighted by atomic mass is 32.1. The van der Waals surface area contributed by atoms with Crippen LogP contribution >= 0.6 is 12.2 Å². The average Bonchev–Trinajstić information content (AvgIpc) is 2.56. The summed E-state index contributed by atoms with van der Waals surface area (Å²) in [5, 5.41) is 13.6. The smallest absolute Gasteiger partial charge is 0.128 e. The van der Waals surface area contributed by atoms with Crippen LogP contribution in [0.2, 0.25) is 0 Å². The number of nitrogens with one attached hydrogen (secondary N) is 2. The molecule has 0 saturated carbocycles. The minimum Gasteiger partial charge on any atom is -0.330 e. The van der Waals surface area contributed by atoms with Crippen molar-refractivity contribution in [2.45, 2.75) is 25.7 Å². The molecule has 1 aliphatic rings. The molecule has 4 nitrogen and oxygen atoms in total. The number of pyridine rings is 1. The summed E-state index contributed by atoms with van der Waals surface area (Å²) >= 11 is 5.30. The summed E-state index contributed by atoms with van der Waals surface area (Å²) in [5.41, 5.74) is 6.91. The molecule has 0 fully saturated rings. The molecular formula is C17H16N4S. The Morgan fingerprint density at radius 1 is 1.18 bits per heavy atom. The van der Waals surface area contributed by atoms with Gasteiger partial charge in [-0.25, -0.2) is 0 Å². The number of aromatic nitrogens is 1. The monoisotopic (exact) mass is 308 g/mol. The lowest BCUT2D eigenvalue weighted by Crippen LogP contribution is -2.11.